The third-order valence-corrected chi connectivity index (χ3v) is 4.22. The van der Waals surface area contributed by atoms with E-state index in [0.717, 1.165) is 35.2 Å². The number of aromatic nitrogens is 2. The first-order chi connectivity index (χ1) is 8.69. The molecule has 0 aliphatic heterocycles. The zero-order valence-corrected chi connectivity index (χ0v) is 11.7. The number of nitrogens with two attached hydrogens (primary N) is 1. The molecule has 0 bridgehead atoms. The minimum Gasteiger partial charge on any atom is -0.308 e. The molecule has 0 saturated heterocycles. The first-order valence-electron chi connectivity index (χ1n) is 7.03. The Morgan fingerprint density at radius 3 is 2.61 bits per heavy atom. The standard InChI is InChI=1S/C14H24N4/c1-4-10-6-7-11(8-10)14-16-12(5-2)9(3)13(17-14)18-15/h10-11H,4-8,15H2,1-3H3,(H,16,17,18). The van der Waals surface area contributed by atoms with Crippen LogP contribution >= 0.6 is 0 Å². The Bertz CT molecular complexity index is 391. The summed E-state index contributed by atoms with van der Waals surface area (Å²) in [4.78, 5) is 9.35. The quantitative estimate of drug-likeness (QED) is 0.635. The molecule has 0 radical (unpaired) electrons. The Labute approximate surface area is 109 Å². The fraction of sp³-hybridized carbons (Fsp3) is 0.714. The molecule has 1 saturated carbocycles. The average Bonchev–Trinajstić information content (AvgIpc) is 2.88. The van der Waals surface area contributed by atoms with Crippen LogP contribution in [0.5, 0.6) is 0 Å². The number of anilines is 1. The Morgan fingerprint density at radius 1 is 1.28 bits per heavy atom. The molecule has 0 aromatic carbocycles. The van der Waals surface area contributed by atoms with E-state index >= 15 is 0 Å². The molecule has 1 aliphatic carbocycles. The minimum absolute atomic E-state index is 0.521. The summed E-state index contributed by atoms with van der Waals surface area (Å²) in [6.45, 7) is 6.43. The van der Waals surface area contributed by atoms with Crippen molar-refractivity contribution in [3.05, 3.63) is 17.1 Å². The van der Waals surface area contributed by atoms with Gasteiger partial charge in [0.05, 0.1) is 0 Å². The van der Waals surface area contributed by atoms with Crippen molar-refractivity contribution >= 4 is 5.82 Å². The Kier molecular flexibility index (Phi) is 4.17. The number of hydrogen-bond donors (Lipinski definition) is 2. The summed E-state index contributed by atoms with van der Waals surface area (Å²) in [5.74, 6) is 8.70. The maximum Gasteiger partial charge on any atom is 0.146 e. The summed E-state index contributed by atoms with van der Waals surface area (Å²) in [6, 6.07) is 0. The van der Waals surface area contributed by atoms with E-state index in [2.05, 4.69) is 24.3 Å². The molecule has 0 spiro atoms. The maximum absolute atomic E-state index is 5.56. The van der Waals surface area contributed by atoms with Gasteiger partial charge >= 0.3 is 0 Å². The topological polar surface area (TPSA) is 63.8 Å². The molecular weight excluding hydrogens is 224 g/mol. The van der Waals surface area contributed by atoms with Crippen molar-refractivity contribution in [1.82, 2.24) is 9.97 Å². The van der Waals surface area contributed by atoms with E-state index in [1.54, 1.807) is 0 Å². The highest BCUT2D eigenvalue weighted by molar-refractivity contribution is 5.45. The van der Waals surface area contributed by atoms with Crippen molar-refractivity contribution in [3.8, 4) is 0 Å². The smallest absolute Gasteiger partial charge is 0.146 e. The van der Waals surface area contributed by atoms with Gasteiger partial charge in [0.15, 0.2) is 0 Å². The number of hydrazine groups is 1. The van der Waals surface area contributed by atoms with E-state index in [1.165, 1.54) is 25.7 Å². The SMILES string of the molecule is CCc1nc(C2CCC(CC)C2)nc(NN)c1C. The summed E-state index contributed by atoms with van der Waals surface area (Å²) in [6.07, 6.45) is 5.96. The molecule has 1 aromatic rings. The van der Waals surface area contributed by atoms with Crippen LogP contribution in [0.1, 0.15) is 62.5 Å². The number of hydrogen-bond acceptors (Lipinski definition) is 4. The first-order valence-corrected chi connectivity index (χ1v) is 7.03. The second kappa shape index (κ2) is 5.65. The summed E-state index contributed by atoms with van der Waals surface area (Å²) >= 11 is 0. The molecule has 4 heteroatoms. The normalized spacial score (nSPS) is 23.3. The van der Waals surface area contributed by atoms with Gasteiger partial charge in [-0.1, -0.05) is 20.3 Å². The van der Waals surface area contributed by atoms with Crippen LogP contribution in [0.3, 0.4) is 0 Å². The van der Waals surface area contributed by atoms with Crippen molar-refractivity contribution in [3.63, 3.8) is 0 Å². The summed E-state index contributed by atoms with van der Waals surface area (Å²) in [7, 11) is 0. The minimum atomic E-state index is 0.521. The van der Waals surface area contributed by atoms with Crippen molar-refractivity contribution in [2.75, 3.05) is 5.43 Å². The predicted molar refractivity (Wildman–Crippen MR) is 74.3 cm³/mol. The molecule has 2 atom stereocenters. The van der Waals surface area contributed by atoms with Gasteiger partial charge in [0.25, 0.3) is 0 Å². The fourth-order valence-corrected chi connectivity index (χ4v) is 2.93. The predicted octanol–water partition coefficient (Wildman–Crippen LogP) is 2.93. The number of aryl methyl sites for hydroxylation is 1. The molecule has 1 heterocycles. The first kappa shape index (κ1) is 13.3. The molecule has 100 valence electrons. The maximum atomic E-state index is 5.56. The number of nitrogens with one attached hydrogen (secondary N) is 1. The van der Waals surface area contributed by atoms with E-state index in [4.69, 9.17) is 10.8 Å². The van der Waals surface area contributed by atoms with Crippen LogP contribution < -0.4 is 11.3 Å². The van der Waals surface area contributed by atoms with Crippen molar-refractivity contribution < 1.29 is 0 Å². The molecule has 4 nitrogen and oxygen atoms in total. The zero-order chi connectivity index (χ0) is 13.1. The van der Waals surface area contributed by atoms with Gasteiger partial charge in [-0.3, -0.25) is 0 Å². The van der Waals surface area contributed by atoms with Crippen LogP contribution in [0.15, 0.2) is 0 Å². The lowest BCUT2D eigenvalue weighted by Crippen LogP contribution is -2.15. The van der Waals surface area contributed by atoms with Gasteiger partial charge in [0.1, 0.15) is 11.6 Å². The van der Waals surface area contributed by atoms with Crippen LogP contribution in [0.4, 0.5) is 5.82 Å². The Morgan fingerprint density at radius 2 is 2.06 bits per heavy atom. The Hall–Kier alpha value is -1.16. The van der Waals surface area contributed by atoms with Gasteiger partial charge in [0.2, 0.25) is 0 Å². The molecule has 18 heavy (non-hydrogen) atoms. The van der Waals surface area contributed by atoms with Crippen molar-refractivity contribution in [2.45, 2.75) is 58.8 Å². The fourth-order valence-electron chi connectivity index (χ4n) is 2.93. The van der Waals surface area contributed by atoms with Gasteiger partial charge in [-0.2, -0.15) is 0 Å². The van der Waals surface area contributed by atoms with Crippen LogP contribution in [0, 0.1) is 12.8 Å². The molecule has 1 aliphatic rings. The Balaban J connectivity index is 2.28. The number of rotatable bonds is 4. The average molecular weight is 248 g/mol. The monoisotopic (exact) mass is 248 g/mol. The van der Waals surface area contributed by atoms with Crippen LogP contribution in [0.2, 0.25) is 0 Å². The molecule has 0 amide bonds. The molecule has 3 N–H and O–H groups in total. The molecule has 1 fully saturated rings. The molecule has 2 unspecified atom stereocenters. The second-order valence-electron chi connectivity index (χ2n) is 5.28. The number of nitrogen functional groups attached to an aromatic ring is 1. The van der Waals surface area contributed by atoms with E-state index in [1.807, 2.05) is 6.92 Å². The van der Waals surface area contributed by atoms with E-state index < -0.39 is 0 Å². The molecule has 2 rings (SSSR count). The lowest BCUT2D eigenvalue weighted by Gasteiger charge is -2.14. The third-order valence-electron chi connectivity index (χ3n) is 4.22. The summed E-state index contributed by atoms with van der Waals surface area (Å²) in [5, 5.41) is 0. The highest BCUT2D eigenvalue weighted by Gasteiger charge is 2.27. The highest BCUT2D eigenvalue weighted by atomic mass is 15.3. The van der Waals surface area contributed by atoms with Gasteiger partial charge in [-0.15, -0.1) is 0 Å². The van der Waals surface area contributed by atoms with Gasteiger partial charge in [0, 0.05) is 17.2 Å². The van der Waals surface area contributed by atoms with Crippen molar-refractivity contribution in [1.29, 1.82) is 0 Å². The summed E-state index contributed by atoms with van der Waals surface area (Å²) in [5.41, 5.74) is 4.90. The summed E-state index contributed by atoms with van der Waals surface area (Å²) < 4.78 is 0. The second-order valence-corrected chi connectivity index (χ2v) is 5.28. The van der Waals surface area contributed by atoms with Gasteiger partial charge < -0.3 is 5.43 Å². The van der Waals surface area contributed by atoms with Gasteiger partial charge in [-0.25, -0.2) is 15.8 Å². The molecular formula is C14H24N4. The van der Waals surface area contributed by atoms with Crippen LogP contribution in [-0.4, -0.2) is 9.97 Å². The van der Waals surface area contributed by atoms with E-state index in [0.29, 0.717) is 5.92 Å². The third kappa shape index (κ3) is 2.48. The van der Waals surface area contributed by atoms with E-state index in [9.17, 15) is 0 Å². The lowest BCUT2D eigenvalue weighted by molar-refractivity contribution is 0.516. The van der Waals surface area contributed by atoms with Crippen LogP contribution in [0.25, 0.3) is 0 Å². The molecule has 1 aromatic heterocycles. The highest BCUT2D eigenvalue weighted by Crippen LogP contribution is 2.38. The largest absolute Gasteiger partial charge is 0.308 e. The van der Waals surface area contributed by atoms with Crippen molar-refractivity contribution in [2.24, 2.45) is 11.8 Å². The van der Waals surface area contributed by atoms with Crippen LogP contribution in [-0.2, 0) is 6.42 Å². The zero-order valence-electron chi connectivity index (χ0n) is 11.7. The van der Waals surface area contributed by atoms with Gasteiger partial charge in [-0.05, 0) is 38.5 Å². The van der Waals surface area contributed by atoms with E-state index in [-0.39, 0.29) is 0 Å². The number of nitrogens with zero attached hydrogens (tertiary/aromatic N) is 2. The lowest BCUT2D eigenvalue weighted by atomic mass is 10.0.